The van der Waals surface area contributed by atoms with Gasteiger partial charge in [-0.15, -0.1) is 11.3 Å². The Kier molecular flexibility index (Phi) is 6.84. The van der Waals surface area contributed by atoms with Gasteiger partial charge in [-0.25, -0.2) is 9.78 Å². The first-order valence-electron chi connectivity index (χ1n) is 8.72. The van der Waals surface area contributed by atoms with E-state index >= 15 is 0 Å². The van der Waals surface area contributed by atoms with Gasteiger partial charge in [0.05, 0.1) is 5.56 Å². The number of aromatic nitrogens is 1. The first-order valence-corrected chi connectivity index (χ1v) is 10.6. The van der Waals surface area contributed by atoms with E-state index in [1.54, 1.807) is 54.3 Å². The van der Waals surface area contributed by atoms with Gasteiger partial charge in [-0.05, 0) is 37.6 Å². The van der Waals surface area contributed by atoms with Gasteiger partial charge in [0.15, 0.2) is 6.10 Å². The lowest BCUT2D eigenvalue weighted by molar-refractivity contribution is -0.123. The summed E-state index contributed by atoms with van der Waals surface area (Å²) in [5.74, 6) is -0.282. The molecular formula is C21H20N2O3S2. The number of nitrogens with one attached hydrogen (secondary N) is 1. The van der Waals surface area contributed by atoms with Crippen LogP contribution < -0.4 is 5.32 Å². The van der Waals surface area contributed by atoms with Crippen LogP contribution in [-0.2, 0) is 15.3 Å². The highest BCUT2D eigenvalue weighted by molar-refractivity contribution is 8.00. The van der Waals surface area contributed by atoms with Crippen molar-refractivity contribution < 1.29 is 14.3 Å². The average molecular weight is 413 g/mol. The SMILES string of the molecule is Cc1csc(SCc2ccccc2C(=O)O[C@H](C)C(=O)Nc2ccccc2)n1. The molecular weight excluding hydrogens is 392 g/mol. The van der Waals surface area contributed by atoms with Gasteiger partial charge in [0.25, 0.3) is 5.91 Å². The summed E-state index contributed by atoms with van der Waals surface area (Å²) in [5, 5.41) is 4.73. The molecule has 1 N–H and O–H groups in total. The molecule has 0 saturated carbocycles. The molecule has 3 rings (SSSR count). The van der Waals surface area contributed by atoms with Gasteiger partial charge in [-0.3, -0.25) is 4.79 Å². The number of carbonyl (C=O) groups excluding carboxylic acids is 2. The third-order valence-corrected chi connectivity index (χ3v) is 6.07. The van der Waals surface area contributed by atoms with Gasteiger partial charge in [0.2, 0.25) is 0 Å². The summed E-state index contributed by atoms with van der Waals surface area (Å²) in [7, 11) is 0. The van der Waals surface area contributed by atoms with Crippen molar-refractivity contribution in [2.45, 2.75) is 30.0 Å². The van der Waals surface area contributed by atoms with Crippen molar-refractivity contribution in [3.8, 4) is 0 Å². The monoisotopic (exact) mass is 412 g/mol. The lowest BCUT2D eigenvalue weighted by Gasteiger charge is -2.15. The highest BCUT2D eigenvalue weighted by Gasteiger charge is 2.21. The van der Waals surface area contributed by atoms with Crippen LogP contribution in [0.2, 0.25) is 0 Å². The molecule has 0 bridgehead atoms. The molecule has 0 aliphatic heterocycles. The number of esters is 1. The van der Waals surface area contributed by atoms with Crippen molar-refractivity contribution in [2.24, 2.45) is 0 Å². The summed E-state index contributed by atoms with van der Waals surface area (Å²) < 4.78 is 6.35. The molecule has 28 heavy (non-hydrogen) atoms. The van der Waals surface area contributed by atoms with Crippen LogP contribution in [0, 0.1) is 6.92 Å². The number of ether oxygens (including phenoxy) is 1. The summed E-state index contributed by atoms with van der Waals surface area (Å²) in [5.41, 5.74) is 2.95. The molecule has 7 heteroatoms. The maximum absolute atomic E-state index is 12.6. The minimum absolute atomic E-state index is 0.371. The van der Waals surface area contributed by atoms with E-state index in [2.05, 4.69) is 10.3 Å². The highest BCUT2D eigenvalue weighted by Crippen LogP contribution is 2.27. The smallest absolute Gasteiger partial charge is 0.339 e. The second kappa shape index (κ2) is 9.52. The van der Waals surface area contributed by atoms with Gasteiger partial charge < -0.3 is 10.1 Å². The van der Waals surface area contributed by atoms with Gasteiger partial charge >= 0.3 is 5.97 Å². The fourth-order valence-electron chi connectivity index (χ4n) is 2.43. The molecule has 0 unspecified atom stereocenters. The van der Waals surface area contributed by atoms with Gasteiger partial charge in [0.1, 0.15) is 4.34 Å². The van der Waals surface area contributed by atoms with Crippen molar-refractivity contribution >= 4 is 40.7 Å². The number of hydrogen-bond acceptors (Lipinski definition) is 6. The first-order chi connectivity index (χ1) is 13.5. The van der Waals surface area contributed by atoms with Crippen molar-refractivity contribution in [3.63, 3.8) is 0 Å². The zero-order valence-electron chi connectivity index (χ0n) is 15.5. The van der Waals surface area contributed by atoms with E-state index in [0.717, 1.165) is 15.6 Å². The molecule has 1 atom stereocenters. The largest absolute Gasteiger partial charge is 0.449 e. The van der Waals surface area contributed by atoms with Crippen LogP contribution in [0.5, 0.6) is 0 Å². The van der Waals surface area contributed by atoms with Crippen molar-refractivity contribution in [1.82, 2.24) is 4.98 Å². The van der Waals surface area contributed by atoms with E-state index in [1.807, 2.05) is 42.6 Å². The summed E-state index contributed by atoms with van der Waals surface area (Å²) in [6.45, 7) is 3.51. The van der Waals surface area contributed by atoms with Crippen LogP contribution in [-0.4, -0.2) is 23.0 Å². The predicted octanol–water partition coefficient (Wildman–Crippen LogP) is 4.93. The number of carbonyl (C=O) groups is 2. The Hall–Kier alpha value is -2.64. The number of thiazole rings is 1. The highest BCUT2D eigenvalue weighted by atomic mass is 32.2. The second-order valence-corrected chi connectivity index (χ2v) is 8.18. The average Bonchev–Trinajstić information content (AvgIpc) is 3.12. The number of para-hydroxylation sites is 1. The number of thioether (sulfide) groups is 1. The van der Waals surface area contributed by atoms with Gasteiger partial charge in [-0.2, -0.15) is 0 Å². The molecule has 3 aromatic rings. The molecule has 0 fully saturated rings. The molecule has 2 aromatic carbocycles. The number of anilines is 1. The number of benzene rings is 2. The number of rotatable bonds is 7. The van der Waals surface area contributed by atoms with Gasteiger partial charge in [-0.1, -0.05) is 48.2 Å². The standard InChI is InChI=1S/C21H20N2O3S2/c1-14-12-27-21(22-14)28-13-16-8-6-7-11-18(16)20(25)26-15(2)19(24)23-17-9-4-3-5-10-17/h3-12,15H,13H2,1-2H3,(H,23,24)/t15-/m1/s1. The lowest BCUT2D eigenvalue weighted by Crippen LogP contribution is -2.30. The summed E-state index contributed by atoms with van der Waals surface area (Å²) in [4.78, 5) is 29.3. The van der Waals surface area contributed by atoms with Crippen LogP contribution in [0.4, 0.5) is 5.69 Å². The maximum Gasteiger partial charge on any atom is 0.339 e. The third kappa shape index (κ3) is 5.43. The second-order valence-electron chi connectivity index (χ2n) is 6.10. The molecule has 0 spiro atoms. The Balaban J connectivity index is 1.62. The Bertz CT molecular complexity index is 957. The first kappa shape index (κ1) is 20.1. The quantitative estimate of drug-likeness (QED) is 0.440. The number of amides is 1. The van der Waals surface area contributed by atoms with E-state index in [9.17, 15) is 9.59 Å². The van der Waals surface area contributed by atoms with Crippen LogP contribution in [0.15, 0.2) is 64.3 Å². The Labute approximate surface area is 172 Å². The Morgan fingerprint density at radius 2 is 1.86 bits per heavy atom. The lowest BCUT2D eigenvalue weighted by atomic mass is 10.1. The zero-order chi connectivity index (χ0) is 19.9. The normalized spacial score (nSPS) is 11.6. The number of aryl methyl sites for hydroxylation is 1. The topological polar surface area (TPSA) is 68.3 Å². The molecule has 0 aliphatic carbocycles. The van der Waals surface area contributed by atoms with Crippen LogP contribution in [0.1, 0.15) is 28.5 Å². The van der Waals surface area contributed by atoms with E-state index in [-0.39, 0.29) is 5.91 Å². The van der Waals surface area contributed by atoms with Crippen LogP contribution in [0.3, 0.4) is 0 Å². The van der Waals surface area contributed by atoms with E-state index in [4.69, 9.17) is 4.74 Å². The zero-order valence-corrected chi connectivity index (χ0v) is 17.2. The predicted molar refractivity (Wildman–Crippen MR) is 113 cm³/mol. The molecule has 5 nitrogen and oxygen atoms in total. The van der Waals surface area contributed by atoms with E-state index in [0.29, 0.717) is 17.0 Å². The molecule has 0 aliphatic rings. The Morgan fingerprint density at radius 1 is 1.14 bits per heavy atom. The van der Waals surface area contributed by atoms with Gasteiger partial charge in [0, 0.05) is 22.5 Å². The summed E-state index contributed by atoms with van der Waals surface area (Å²) in [6, 6.07) is 16.3. The van der Waals surface area contributed by atoms with E-state index in [1.165, 1.54) is 0 Å². The molecule has 1 heterocycles. The number of nitrogens with zero attached hydrogens (tertiary/aromatic N) is 1. The molecule has 0 radical (unpaired) electrons. The fourth-order valence-corrected chi connectivity index (χ4v) is 4.28. The van der Waals surface area contributed by atoms with Crippen LogP contribution in [0.25, 0.3) is 0 Å². The van der Waals surface area contributed by atoms with Crippen molar-refractivity contribution in [2.75, 3.05) is 5.32 Å². The molecule has 1 aromatic heterocycles. The van der Waals surface area contributed by atoms with Crippen molar-refractivity contribution in [1.29, 1.82) is 0 Å². The molecule has 0 saturated heterocycles. The number of hydrogen-bond donors (Lipinski definition) is 1. The minimum atomic E-state index is -0.907. The maximum atomic E-state index is 12.6. The van der Waals surface area contributed by atoms with E-state index < -0.39 is 12.1 Å². The van der Waals surface area contributed by atoms with Crippen molar-refractivity contribution in [3.05, 3.63) is 76.8 Å². The summed E-state index contributed by atoms with van der Waals surface area (Å²) >= 11 is 3.15. The molecule has 144 valence electrons. The van der Waals surface area contributed by atoms with Crippen LogP contribution >= 0.6 is 23.1 Å². The molecule has 1 amide bonds. The Morgan fingerprint density at radius 3 is 2.57 bits per heavy atom. The fraction of sp³-hybridized carbons (Fsp3) is 0.190. The minimum Gasteiger partial charge on any atom is -0.449 e. The summed E-state index contributed by atoms with van der Waals surface area (Å²) in [6.07, 6.45) is -0.907. The third-order valence-electron chi connectivity index (χ3n) is 3.88.